The van der Waals surface area contributed by atoms with Gasteiger partial charge in [-0.2, -0.15) is 0 Å². The van der Waals surface area contributed by atoms with Crippen LogP contribution >= 0.6 is 0 Å². The maximum atomic E-state index is 11.8. The molecule has 0 aliphatic carbocycles. The van der Waals surface area contributed by atoms with E-state index in [9.17, 15) is 4.79 Å². The molecule has 5 nitrogen and oxygen atoms in total. The molecule has 0 aliphatic heterocycles. The van der Waals surface area contributed by atoms with Crippen molar-refractivity contribution in [2.24, 2.45) is 11.3 Å². The van der Waals surface area contributed by atoms with Crippen molar-refractivity contribution in [2.75, 3.05) is 12.0 Å². The van der Waals surface area contributed by atoms with Gasteiger partial charge in [-0.15, -0.1) is 0 Å². The average molecular weight is 236 g/mol. The summed E-state index contributed by atoms with van der Waals surface area (Å²) in [6, 6.07) is 5.10. The molecule has 0 saturated carbocycles. The van der Waals surface area contributed by atoms with Gasteiger partial charge in [0.15, 0.2) is 0 Å². The van der Waals surface area contributed by atoms with Crippen LogP contribution in [-0.2, 0) is 0 Å². The van der Waals surface area contributed by atoms with E-state index in [1.807, 2.05) is 0 Å². The zero-order valence-corrected chi connectivity index (χ0v) is 10.6. The Morgan fingerprint density at radius 1 is 1.47 bits per heavy atom. The molecule has 0 unspecified atom stereocenters. The summed E-state index contributed by atoms with van der Waals surface area (Å²) < 4.78 is 0. The number of hydrogen-bond donors (Lipinski definition) is 3. The van der Waals surface area contributed by atoms with Crippen molar-refractivity contribution >= 4 is 11.7 Å². The minimum absolute atomic E-state index is 0.0966. The lowest BCUT2D eigenvalue weighted by molar-refractivity contribution is 0.0931. The van der Waals surface area contributed by atoms with E-state index in [0.29, 0.717) is 18.1 Å². The second kappa shape index (κ2) is 5.63. The molecule has 0 fully saturated rings. The lowest BCUT2D eigenvalue weighted by atomic mass is 9.90. The van der Waals surface area contributed by atoms with Crippen LogP contribution < -0.4 is 16.6 Å². The van der Waals surface area contributed by atoms with Crippen molar-refractivity contribution in [1.29, 1.82) is 0 Å². The van der Waals surface area contributed by atoms with E-state index in [4.69, 9.17) is 5.84 Å². The van der Waals surface area contributed by atoms with Gasteiger partial charge in [0.25, 0.3) is 5.91 Å². The number of anilines is 1. The highest BCUT2D eigenvalue weighted by atomic mass is 16.1. The van der Waals surface area contributed by atoms with E-state index < -0.39 is 0 Å². The summed E-state index contributed by atoms with van der Waals surface area (Å²) in [6.07, 6.45) is 1.01. The fourth-order valence-corrected chi connectivity index (χ4v) is 1.18. The maximum Gasteiger partial charge on any atom is 0.269 e. The molecule has 0 atom stereocenters. The summed E-state index contributed by atoms with van der Waals surface area (Å²) in [6.45, 7) is 6.95. The summed E-state index contributed by atoms with van der Waals surface area (Å²) >= 11 is 0. The third-order valence-corrected chi connectivity index (χ3v) is 2.81. The molecule has 0 spiro atoms. The maximum absolute atomic E-state index is 11.8. The minimum Gasteiger partial charge on any atom is -0.350 e. The average Bonchev–Trinajstić information content (AvgIpc) is 2.36. The molecular weight excluding hydrogens is 216 g/mol. The zero-order valence-electron chi connectivity index (χ0n) is 10.6. The Balaban J connectivity index is 2.64. The highest BCUT2D eigenvalue weighted by molar-refractivity contribution is 5.92. The highest BCUT2D eigenvalue weighted by Crippen LogP contribution is 2.17. The predicted octanol–water partition coefficient (Wildman–Crippen LogP) is 1.53. The second-order valence-corrected chi connectivity index (χ2v) is 4.75. The first-order chi connectivity index (χ1) is 7.98. The largest absolute Gasteiger partial charge is 0.350 e. The van der Waals surface area contributed by atoms with Crippen LogP contribution in [0.1, 0.15) is 37.7 Å². The van der Waals surface area contributed by atoms with Crippen molar-refractivity contribution in [2.45, 2.75) is 27.2 Å². The van der Waals surface area contributed by atoms with Crippen molar-refractivity contribution in [3.8, 4) is 0 Å². The number of hydrazine groups is 1. The molecule has 0 aromatic carbocycles. The van der Waals surface area contributed by atoms with Crippen molar-refractivity contribution < 1.29 is 4.79 Å². The van der Waals surface area contributed by atoms with Gasteiger partial charge >= 0.3 is 0 Å². The SMILES string of the molecule is CCC(C)(C)CNC(=O)c1cccc(NN)n1. The monoisotopic (exact) mass is 236 g/mol. The Hall–Kier alpha value is -1.62. The summed E-state index contributed by atoms with van der Waals surface area (Å²) in [7, 11) is 0. The molecule has 1 heterocycles. The number of carbonyl (C=O) groups excluding carboxylic acids is 1. The summed E-state index contributed by atoms with van der Waals surface area (Å²) in [5.41, 5.74) is 2.88. The Labute approximate surface area is 102 Å². The number of nitrogen functional groups attached to an aromatic ring is 1. The van der Waals surface area contributed by atoms with Crippen LogP contribution in [-0.4, -0.2) is 17.4 Å². The number of carbonyl (C=O) groups is 1. The molecule has 94 valence electrons. The quantitative estimate of drug-likeness (QED) is 0.535. The number of amides is 1. The van der Waals surface area contributed by atoms with Gasteiger partial charge in [-0.05, 0) is 24.0 Å². The molecule has 0 saturated heterocycles. The number of nitrogens with zero attached hydrogens (tertiary/aromatic N) is 1. The number of hydrogen-bond acceptors (Lipinski definition) is 4. The van der Waals surface area contributed by atoms with Crippen LogP contribution in [0.4, 0.5) is 5.82 Å². The number of aromatic nitrogens is 1. The van der Waals surface area contributed by atoms with Crippen LogP contribution in [0, 0.1) is 5.41 Å². The standard InChI is InChI=1S/C12H20N4O/c1-4-12(2,3)8-14-11(17)9-6-5-7-10(15-9)16-13/h5-7H,4,8,13H2,1-3H3,(H,14,17)(H,15,16). The van der Waals surface area contributed by atoms with E-state index in [2.05, 4.69) is 36.5 Å². The van der Waals surface area contributed by atoms with Crippen molar-refractivity contribution in [3.63, 3.8) is 0 Å². The third kappa shape index (κ3) is 4.03. The molecule has 17 heavy (non-hydrogen) atoms. The van der Waals surface area contributed by atoms with Gasteiger partial charge in [-0.25, -0.2) is 10.8 Å². The first kappa shape index (κ1) is 13.4. The molecule has 0 bridgehead atoms. The molecule has 5 heteroatoms. The van der Waals surface area contributed by atoms with Crippen molar-refractivity contribution in [1.82, 2.24) is 10.3 Å². The van der Waals surface area contributed by atoms with E-state index in [-0.39, 0.29) is 11.3 Å². The number of nitrogens with one attached hydrogen (secondary N) is 2. The summed E-state index contributed by atoms with van der Waals surface area (Å²) in [5.74, 6) is 5.54. The molecule has 1 aromatic rings. The number of nitrogens with two attached hydrogens (primary N) is 1. The Kier molecular flexibility index (Phi) is 4.45. The fraction of sp³-hybridized carbons (Fsp3) is 0.500. The molecule has 0 radical (unpaired) electrons. The van der Waals surface area contributed by atoms with Crippen LogP contribution in [0.3, 0.4) is 0 Å². The Morgan fingerprint density at radius 2 is 2.18 bits per heavy atom. The molecular formula is C12H20N4O. The third-order valence-electron chi connectivity index (χ3n) is 2.81. The fourth-order valence-electron chi connectivity index (χ4n) is 1.18. The highest BCUT2D eigenvalue weighted by Gasteiger charge is 2.17. The van der Waals surface area contributed by atoms with Crippen LogP contribution in [0.25, 0.3) is 0 Å². The lowest BCUT2D eigenvalue weighted by Gasteiger charge is -2.22. The van der Waals surface area contributed by atoms with Crippen LogP contribution in [0.15, 0.2) is 18.2 Å². The Bertz CT molecular complexity index is 390. The normalized spacial score (nSPS) is 11.1. The van der Waals surface area contributed by atoms with E-state index in [0.717, 1.165) is 6.42 Å². The number of rotatable bonds is 5. The van der Waals surface area contributed by atoms with Gasteiger partial charge in [0.1, 0.15) is 11.5 Å². The van der Waals surface area contributed by atoms with E-state index in [1.54, 1.807) is 18.2 Å². The first-order valence-corrected chi connectivity index (χ1v) is 5.70. The van der Waals surface area contributed by atoms with E-state index in [1.165, 1.54) is 0 Å². The van der Waals surface area contributed by atoms with E-state index >= 15 is 0 Å². The molecule has 1 amide bonds. The summed E-state index contributed by atoms with van der Waals surface area (Å²) in [4.78, 5) is 15.9. The summed E-state index contributed by atoms with van der Waals surface area (Å²) in [5, 5.41) is 2.87. The van der Waals surface area contributed by atoms with Gasteiger partial charge in [0, 0.05) is 6.54 Å². The smallest absolute Gasteiger partial charge is 0.269 e. The second-order valence-electron chi connectivity index (χ2n) is 4.75. The minimum atomic E-state index is -0.177. The number of pyridine rings is 1. The molecule has 1 aromatic heterocycles. The lowest BCUT2D eigenvalue weighted by Crippen LogP contribution is -2.34. The van der Waals surface area contributed by atoms with Gasteiger partial charge < -0.3 is 10.7 Å². The van der Waals surface area contributed by atoms with Gasteiger partial charge in [-0.1, -0.05) is 26.8 Å². The first-order valence-electron chi connectivity index (χ1n) is 5.70. The molecule has 4 N–H and O–H groups in total. The van der Waals surface area contributed by atoms with Gasteiger partial charge in [0.05, 0.1) is 0 Å². The Morgan fingerprint density at radius 3 is 2.76 bits per heavy atom. The van der Waals surface area contributed by atoms with Gasteiger partial charge in [0.2, 0.25) is 0 Å². The molecule has 1 rings (SSSR count). The van der Waals surface area contributed by atoms with Crippen LogP contribution in [0.2, 0.25) is 0 Å². The zero-order chi connectivity index (χ0) is 12.9. The topological polar surface area (TPSA) is 80.0 Å². The van der Waals surface area contributed by atoms with Crippen molar-refractivity contribution in [3.05, 3.63) is 23.9 Å². The molecule has 0 aliphatic rings. The van der Waals surface area contributed by atoms with Gasteiger partial charge in [-0.3, -0.25) is 4.79 Å². The predicted molar refractivity (Wildman–Crippen MR) is 68.5 cm³/mol. The van der Waals surface area contributed by atoms with Crippen LogP contribution in [0.5, 0.6) is 0 Å².